The molecule has 196 valence electrons. The van der Waals surface area contributed by atoms with Gasteiger partial charge in [-0.2, -0.15) is 4.98 Å². The first-order valence-corrected chi connectivity index (χ1v) is 15.4. The molecule has 3 heterocycles. The lowest BCUT2D eigenvalue weighted by Gasteiger charge is -2.40. The molecule has 2 aromatic heterocycles. The normalized spacial score (nSPS) is 24.3. The van der Waals surface area contributed by atoms with Gasteiger partial charge in [0, 0.05) is 5.92 Å². The molecule has 13 nitrogen and oxygen atoms in total. The van der Waals surface area contributed by atoms with Crippen LogP contribution < -0.4 is 10.9 Å². The van der Waals surface area contributed by atoms with Crippen LogP contribution in [0.3, 0.4) is 0 Å². The number of carbonyl (C=O) groups excluding carboxylic acids is 1. The molecule has 4 N–H and O–H groups in total. The molecular formula is C20H34N5O8PSi. The number of hydrogen-bond donors (Lipinski definition) is 4. The number of imidazole rings is 1. The summed E-state index contributed by atoms with van der Waals surface area (Å²) in [6.45, 7) is 13.1. The zero-order chi connectivity index (χ0) is 26.3. The third-order valence-electron chi connectivity index (χ3n) is 6.41. The second-order valence-corrected chi connectivity index (χ2v) is 15.8. The summed E-state index contributed by atoms with van der Waals surface area (Å²) in [6, 6.07) is 0. The van der Waals surface area contributed by atoms with E-state index in [1.807, 2.05) is 33.9 Å². The molecule has 1 fully saturated rings. The van der Waals surface area contributed by atoms with Gasteiger partial charge in [-0.05, 0) is 18.1 Å². The minimum absolute atomic E-state index is 0.0270. The van der Waals surface area contributed by atoms with Gasteiger partial charge in [-0.3, -0.25) is 33.5 Å². The molecule has 0 radical (unpaired) electrons. The third-order valence-corrected chi connectivity index (χ3v) is 11.4. The number of aliphatic hydroxyl groups is 1. The number of rotatable bonds is 8. The van der Waals surface area contributed by atoms with E-state index in [0.29, 0.717) is 0 Å². The van der Waals surface area contributed by atoms with Crippen molar-refractivity contribution in [1.29, 1.82) is 0 Å². The molecule has 35 heavy (non-hydrogen) atoms. The number of fused-ring (bicyclic) bond motifs is 1. The van der Waals surface area contributed by atoms with Crippen molar-refractivity contribution in [2.24, 2.45) is 5.92 Å². The third kappa shape index (κ3) is 5.74. The lowest BCUT2D eigenvalue weighted by molar-refractivity contribution is -0.118. The topological polar surface area (TPSA) is 178 Å². The van der Waals surface area contributed by atoms with Gasteiger partial charge in [0.25, 0.3) is 5.56 Å². The van der Waals surface area contributed by atoms with Crippen LogP contribution in [0, 0.1) is 5.92 Å². The summed E-state index contributed by atoms with van der Waals surface area (Å²) in [4.78, 5) is 45.2. The quantitative estimate of drug-likeness (QED) is 0.290. The highest BCUT2D eigenvalue weighted by molar-refractivity contribution is 7.32. The summed E-state index contributed by atoms with van der Waals surface area (Å²) in [5.74, 6) is -0.779. The Balaban J connectivity index is 2.07. The van der Waals surface area contributed by atoms with Crippen LogP contribution in [-0.4, -0.2) is 68.7 Å². The van der Waals surface area contributed by atoms with Crippen molar-refractivity contribution in [2.75, 3.05) is 11.9 Å². The van der Waals surface area contributed by atoms with Gasteiger partial charge >= 0.3 is 8.25 Å². The van der Waals surface area contributed by atoms with E-state index in [9.17, 15) is 24.2 Å². The van der Waals surface area contributed by atoms with Crippen molar-refractivity contribution in [1.82, 2.24) is 19.5 Å². The zero-order valence-electron chi connectivity index (χ0n) is 20.9. The van der Waals surface area contributed by atoms with Gasteiger partial charge in [-0.25, -0.2) is 4.98 Å². The first-order valence-electron chi connectivity index (χ1n) is 11.3. The molecule has 0 saturated carbocycles. The first-order chi connectivity index (χ1) is 16.2. The molecule has 1 aliphatic heterocycles. The first kappa shape index (κ1) is 27.7. The van der Waals surface area contributed by atoms with Crippen LogP contribution in [0.1, 0.15) is 40.8 Å². The fourth-order valence-corrected chi connectivity index (χ4v) is 5.22. The Morgan fingerprint density at radius 3 is 2.57 bits per heavy atom. The number of aromatic amines is 1. The van der Waals surface area contributed by atoms with E-state index in [1.165, 1.54) is 10.9 Å². The second kappa shape index (κ2) is 10.2. The molecule has 2 aromatic rings. The van der Waals surface area contributed by atoms with Crippen LogP contribution in [0.4, 0.5) is 5.95 Å². The highest BCUT2D eigenvalue weighted by atomic mass is 31.1. The van der Waals surface area contributed by atoms with Crippen molar-refractivity contribution in [3.8, 4) is 0 Å². The van der Waals surface area contributed by atoms with Crippen LogP contribution in [0.15, 0.2) is 11.1 Å². The fraction of sp³-hybridized carbons (Fsp3) is 0.700. The number of nitrogens with zero attached hydrogens (tertiary/aromatic N) is 3. The molecule has 1 unspecified atom stereocenters. The van der Waals surface area contributed by atoms with Crippen molar-refractivity contribution >= 4 is 39.6 Å². The average Bonchev–Trinajstić information content (AvgIpc) is 3.28. The summed E-state index contributed by atoms with van der Waals surface area (Å²) >= 11 is 0. The number of aliphatic hydroxyl groups excluding tert-OH is 1. The Labute approximate surface area is 204 Å². The minimum Gasteiger partial charge on any atom is -0.408 e. The summed E-state index contributed by atoms with van der Waals surface area (Å²) in [5.41, 5.74) is -0.554. The molecule has 15 heteroatoms. The zero-order valence-corrected chi connectivity index (χ0v) is 22.9. The monoisotopic (exact) mass is 531 g/mol. The predicted octanol–water partition coefficient (Wildman–Crippen LogP) is 1.76. The summed E-state index contributed by atoms with van der Waals surface area (Å²) in [7, 11) is -5.87. The van der Waals surface area contributed by atoms with Crippen LogP contribution in [-0.2, 0) is 23.0 Å². The van der Waals surface area contributed by atoms with E-state index in [1.54, 1.807) is 13.8 Å². The van der Waals surface area contributed by atoms with Gasteiger partial charge in [0.15, 0.2) is 25.7 Å². The van der Waals surface area contributed by atoms with Crippen LogP contribution in [0.25, 0.3) is 11.2 Å². The molecule has 0 bridgehead atoms. The standard InChI is InChI=1S/C20H34N5O8PSi/c1-10(2)16(27)23-19-22-15-12(17(28)24-19)21-9-25(15)18-14(32-34(29)30)13(11(8-26)31-18)33-35(6,7)20(3,4)5/h9-11,13-14,18,26,34H,8H2,1-7H3,(H,29,30)(H2,22,23,24,27,28)/t11-,13-,14-,18-/m1/s1. The largest absolute Gasteiger partial charge is 0.408 e. The van der Waals surface area contributed by atoms with Gasteiger partial charge in [0.05, 0.1) is 12.9 Å². The van der Waals surface area contributed by atoms with Crippen LogP contribution >= 0.6 is 8.25 Å². The van der Waals surface area contributed by atoms with Gasteiger partial charge in [-0.1, -0.05) is 34.6 Å². The summed E-state index contributed by atoms with van der Waals surface area (Å²) in [6.07, 6.45) is -2.65. The smallest absolute Gasteiger partial charge is 0.317 e. The number of hydrogen-bond acceptors (Lipinski definition) is 9. The summed E-state index contributed by atoms with van der Waals surface area (Å²) in [5, 5.41) is 12.4. The highest BCUT2D eigenvalue weighted by Gasteiger charge is 2.52. The second-order valence-electron chi connectivity index (χ2n) is 10.3. The molecule has 0 aliphatic carbocycles. The predicted molar refractivity (Wildman–Crippen MR) is 131 cm³/mol. The Bertz CT molecular complexity index is 1160. The van der Waals surface area contributed by atoms with E-state index < -0.39 is 53.3 Å². The van der Waals surface area contributed by atoms with Gasteiger partial charge in [-0.15, -0.1) is 0 Å². The molecule has 3 rings (SSSR count). The maximum atomic E-state index is 12.6. The van der Waals surface area contributed by atoms with Crippen molar-refractivity contribution in [2.45, 2.75) is 77.3 Å². The number of anilines is 1. The Hall–Kier alpha value is -1.93. The molecule has 0 aromatic carbocycles. The Morgan fingerprint density at radius 1 is 1.37 bits per heavy atom. The molecule has 0 spiro atoms. The van der Waals surface area contributed by atoms with E-state index in [-0.39, 0.29) is 34.0 Å². The number of amides is 1. The van der Waals surface area contributed by atoms with Crippen LogP contribution in [0.2, 0.25) is 18.1 Å². The lowest BCUT2D eigenvalue weighted by atomic mass is 10.1. The van der Waals surface area contributed by atoms with Crippen molar-refractivity contribution in [3.05, 3.63) is 16.7 Å². The number of H-pyrrole nitrogens is 1. The Kier molecular flexibility index (Phi) is 8.06. The number of carbonyl (C=O) groups is 1. The fourth-order valence-electron chi connectivity index (χ4n) is 3.41. The van der Waals surface area contributed by atoms with E-state index in [2.05, 4.69) is 20.3 Å². The number of aromatic nitrogens is 4. The SMILES string of the molecule is CC(C)C(=O)Nc1nc2c(ncn2[C@@H]2O[C@H](CO)[C@@H](O[Si](C)(C)C(C)(C)C)[C@H]2O[PH](=O)O)c(=O)[nH]1. The van der Waals surface area contributed by atoms with E-state index in [0.717, 1.165) is 0 Å². The molecule has 1 aliphatic rings. The number of ether oxygens (including phenoxy) is 1. The molecule has 1 amide bonds. The van der Waals surface area contributed by atoms with Gasteiger partial charge in [0.1, 0.15) is 18.3 Å². The number of nitrogens with one attached hydrogen (secondary N) is 2. The highest BCUT2D eigenvalue weighted by Crippen LogP contribution is 2.44. The van der Waals surface area contributed by atoms with Crippen molar-refractivity contribution in [3.63, 3.8) is 0 Å². The lowest BCUT2D eigenvalue weighted by Crippen LogP contribution is -2.50. The van der Waals surface area contributed by atoms with Gasteiger partial charge < -0.3 is 19.2 Å². The minimum atomic E-state index is -3.44. The maximum absolute atomic E-state index is 12.6. The van der Waals surface area contributed by atoms with E-state index >= 15 is 0 Å². The van der Waals surface area contributed by atoms with Gasteiger partial charge in [0.2, 0.25) is 11.9 Å². The van der Waals surface area contributed by atoms with Crippen LogP contribution in [0.5, 0.6) is 0 Å². The maximum Gasteiger partial charge on any atom is 0.317 e. The molecule has 5 atom stereocenters. The van der Waals surface area contributed by atoms with E-state index in [4.69, 9.17) is 13.7 Å². The van der Waals surface area contributed by atoms with Crippen molar-refractivity contribution < 1.29 is 33.0 Å². The average molecular weight is 532 g/mol. The molecular weight excluding hydrogens is 497 g/mol. The Morgan fingerprint density at radius 2 is 2.03 bits per heavy atom. The molecule has 1 saturated heterocycles. The summed E-state index contributed by atoms with van der Waals surface area (Å²) < 4.78 is 31.0.